The molecule has 0 spiro atoms. The molecule has 2 atom stereocenters. The number of hydrogen-bond acceptors (Lipinski definition) is 3. The van der Waals surface area contributed by atoms with Crippen LogP contribution in [0, 0.1) is 0 Å². The third-order valence-corrected chi connectivity index (χ3v) is 3.18. The molecule has 1 aromatic carbocycles. The molecule has 0 saturated carbocycles. The summed E-state index contributed by atoms with van der Waals surface area (Å²) in [6.45, 7) is 4.04. The lowest BCUT2D eigenvalue weighted by atomic mass is 10.1. The van der Waals surface area contributed by atoms with Crippen LogP contribution in [-0.2, 0) is 4.79 Å². The second kappa shape index (κ2) is 7.79. The van der Waals surface area contributed by atoms with Crippen LogP contribution in [0.3, 0.4) is 0 Å². The Kier molecular flexibility index (Phi) is 6.36. The SMILES string of the molecule is CCCCC(N)C(=O)NC(C)c1ccc(OC)cc1. The maximum Gasteiger partial charge on any atom is 0.237 e. The Bertz CT molecular complexity index is 390. The van der Waals surface area contributed by atoms with Crippen molar-refractivity contribution in [2.45, 2.75) is 45.2 Å². The van der Waals surface area contributed by atoms with Gasteiger partial charge in [0, 0.05) is 0 Å². The molecule has 2 unspecified atom stereocenters. The van der Waals surface area contributed by atoms with Crippen LogP contribution in [0.15, 0.2) is 24.3 Å². The second-order valence-electron chi connectivity index (χ2n) is 4.75. The van der Waals surface area contributed by atoms with Crippen molar-refractivity contribution in [2.75, 3.05) is 7.11 Å². The summed E-state index contributed by atoms with van der Waals surface area (Å²) in [7, 11) is 1.63. The van der Waals surface area contributed by atoms with Crippen LogP contribution in [0.2, 0.25) is 0 Å². The molecule has 4 nitrogen and oxygen atoms in total. The highest BCUT2D eigenvalue weighted by atomic mass is 16.5. The summed E-state index contributed by atoms with van der Waals surface area (Å²) in [5.41, 5.74) is 6.88. The van der Waals surface area contributed by atoms with Gasteiger partial charge in [-0.25, -0.2) is 0 Å². The third-order valence-electron chi connectivity index (χ3n) is 3.18. The quantitative estimate of drug-likeness (QED) is 0.794. The van der Waals surface area contributed by atoms with Gasteiger partial charge in [0.15, 0.2) is 0 Å². The van der Waals surface area contributed by atoms with Crippen molar-refractivity contribution in [3.05, 3.63) is 29.8 Å². The zero-order chi connectivity index (χ0) is 14.3. The number of carbonyl (C=O) groups is 1. The number of methoxy groups -OCH3 is 1. The van der Waals surface area contributed by atoms with E-state index in [4.69, 9.17) is 10.5 Å². The van der Waals surface area contributed by atoms with Crippen LogP contribution in [-0.4, -0.2) is 19.1 Å². The van der Waals surface area contributed by atoms with Crippen molar-refractivity contribution in [1.82, 2.24) is 5.32 Å². The molecule has 0 aliphatic heterocycles. The molecule has 1 aromatic rings. The van der Waals surface area contributed by atoms with Gasteiger partial charge in [-0.3, -0.25) is 4.79 Å². The normalized spacial score (nSPS) is 13.7. The minimum absolute atomic E-state index is 0.0499. The van der Waals surface area contributed by atoms with E-state index in [-0.39, 0.29) is 11.9 Å². The van der Waals surface area contributed by atoms with Gasteiger partial charge in [0.1, 0.15) is 5.75 Å². The van der Waals surface area contributed by atoms with E-state index in [1.807, 2.05) is 31.2 Å². The van der Waals surface area contributed by atoms with Crippen molar-refractivity contribution < 1.29 is 9.53 Å². The van der Waals surface area contributed by atoms with E-state index < -0.39 is 6.04 Å². The van der Waals surface area contributed by atoms with Gasteiger partial charge in [-0.15, -0.1) is 0 Å². The van der Waals surface area contributed by atoms with Crippen LogP contribution < -0.4 is 15.8 Å². The summed E-state index contributed by atoms with van der Waals surface area (Å²) in [6, 6.07) is 7.19. The molecule has 0 fully saturated rings. The topological polar surface area (TPSA) is 64.4 Å². The summed E-state index contributed by atoms with van der Waals surface area (Å²) < 4.78 is 5.11. The number of hydrogen-bond donors (Lipinski definition) is 2. The molecule has 0 radical (unpaired) electrons. The Morgan fingerprint density at radius 3 is 2.53 bits per heavy atom. The lowest BCUT2D eigenvalue weighted by Crippen LogP contribution is -2.41. The molecule has 1 amide bonds. The fraction of sp³-hybridized carbons (Fsp3) is 0.533. The van der Waals surface area contributed by atoms with Crippen LogP contribution >= 0.6 is 0 Å². The van der Waals surface area contributed by atoms with Crippen LogP contribution in [0.25, 0.3) is 0 Å². The van der Waals surface area contributed by atoms with E-state index in [0.717, 1.165) is 30.6 Å². The first kappa shape index (κ1) is 15.5. The number of nitrogens with one attached hydrogen (secondary N) is 1. The Hall–Kier alpha value is -1.55. The minimum Gasteiger partial charge on any atom is -0.497 e. The number of unbranched alkanes of at least 4 members (excludes halogenated alkanes) is 1. The summed E-state index contributed by atoms with van der Waals surface area (Å²) in [4.78, 5) is 11.9. The number of benzene rings is 1. The number of amides is 1. The van der Waals surface area contributed by atoms with E-state index in [9.17, 15) is 4.79 Å². The Balaban J connectivity index is 2.53. The second-order valence-corrected chi connectivity index (χ2v) is 4.75. The fourth-order valence-corrected chi connectivity index (χ4v) is 1.85. The highest BCUT2D eigenvalue weighted by Gasteiger charge is 2.15. The molecule has 4 heteroatoms. The van der Waals surface area contributed by atoms with Crippen molar-refractivity contribution in [3.63, 3.8) is 0 Å². The van der Waals surface area contributed by atoms with Gasteiger partial charge in [-0.2, -0.15) is 0 Å². The molecule has 0 aliphatic rings. The Morgan fingerprint density at radius 1 is 1.37 bits per heavy atom. The van der Waals surface area contributed by atoms with E-state index in [0.29, 0.717) is 0 Å². The molecule has 1 rings (SSSR count). The Morgan fingerprint density at radius 2 is 2.00 bits per heavy atom. The summed E-state index contributed by atoms with van der Waals surface area (Å²) in [6.07, 6.45) is 2.76. The molecular formula is C15H24N2O2. The number of rotatable bonds is 7. The van der Waals surface area contributed by atoms with Gasteiger partial charge in [-0.05, 0) is 31.0 Å². The molecule has 0 aromatic heterocycles. The van der Waals surface area contributed by atoms with E-state index in [2.05, 4.69) is 12.2 Å². The first-order chi connectivity index (χ1) is 9.08. The van der Waals surface area contributed by atoms with Crippen molar-refractivity contribution in [2.24, 2.45) is 5.73 Å². The number of ether oxygens (including phenoxy) is 1. The molecule has 0 heterocycles. The predicted octanol–water partition coefficient (Wildman–Crippen LogP) is 2.39. The van der Waals surface area contributed by atoms with Gasteiger partial charge < -0.3 is 15.8 Å². The number of carbonyl (C=O) groups excluding carboxylic acids is 1. The van der Waals surface area contributed by atoms with Gasteiger partial charge in [0.05, 0.1) is 19.2 Å². The molecule has 0 saturated heterocycles. The number of nitrogens with two attached hydrogens (primary N) is 1. The maximum absolute atomic E-state index is 11.9. The summed E-state index contributed by atoms with van der Waals surface area (Å²) in [5.74, 6) is 0.721. The van der Waals surface area contributed by atoms with E-state index >= 15 is 0 Å². The molecule has 19 heavy (non-hydrogen) atoms. The predicted molar refractivity (Wildman–Crippen MR) is 77.1 cm³/mol. The lowest BCUT2D eigenvalue weighted by Gasteiger charge is -2.18. The summed E-state index contributed by atoms with van der Waals surface area (Å²) >= 11 is 0. The fourth-order valence-electron chi connectivity index (χ4n) is 1.85. The highest BCUT2D eigenvalue weighted by molar-refractivity contribution is 5.81. The van der Waals surface area contributed by atoms with Gasteiger partial charge >= 0.3 is 0 Å². The van der Waals surface area contributed by atoms with Crippen LogP contribution in [0.4, 0.5) is 0 Å². The molecule has 106 valence electrons. The van der Waals surface area contributed by atoms with E-state index in [1.165, 1.54) is 0 Å². The first-order valence-corrected chi connectivity index (χ1v) is 6.78. The maximum atomic E-state index is 11.9. The van der Waals surface area contributed by atoms with Gasteiger partial charge in [0.25, 0.3) is 0 Å². The zero-order valence-electron chi connectivity index (χ0n) is 12.0. The molecule has 3 N–H and O–H groups in total. The van der Waals surface area contributed by atoms with Crippen molar-refractivity contribution in [1.29, 1.82) is 0 Å². The third kappa shape index (κ3) is 4.91. The highest BCUT2D eigenvalue weighted by Crippen LogP contribution is 2.17. The van der Waals surface area contributed by atoms with Gasteiger partial charge in [-0.1, -0.05) is 31.9 Å². The standard InChI is InChI=1S/C15H24N2O2/c1-4-5-6-14(16)15(18)17-11(2)12-7-9-13(19-3)10-8-12/h7-11,14H,4-6,16H2,1-3H3,(H,17,18). The van der Waals surface area contributed by atoms with Gasteiger partial charge in [0.2, 0.25) is 5.91 Å². The minimum atomic E-state index is -0.416. The Labute approximate surface area is 115 Å². The monoisotopic (exact) mass is 264 g/mol. The van der Waals surface area contributed by atoms with Crippen molar-refractivity contribution in [3.8, 4) is 5.75 Å². The molecule has 0 bridgehead atoms. The largest absolute Gasteiger partial charge is 0.497 e. The molecule has 0 aliphatic carbocycles. The van der Waals surface area contributed by atoms with Crippen molar-refractivity contribution >= 4 is 5.91 Å². The molecular weight excluding hydrogens is 240 g/mol. The van der Waals surface area contributed by atoms with Crippen LogP contribution in [0.5, 0.6) is 5.75 Å². The van der Waals surface area contributed by atoms with E-state index in [1.54, 1.807) is 7.11 Å². The average Bonchev–Trinajstić information content (AvgIpc) is 2.44. The zero-order valence-corrected chi connectivity index (χ0v) is 12.0. The lowest BCUT2D eigenvalue weighted by molar-refractivity contribution is -0.123. The average molecular weight is 264 g/mol. The summed E-state index contributed by atoms with van der Waals surface area (Å²) in [5, 5.41) is 2.94. The first-order valence-electron chi connectivity index (χ1n) is 6.78. The smallest absolute Gasteiger partial charge is 0.237 e. The van der Waals surface area contributed by atoms with Crippen LogP contribution in [0.1, 0.15) is 44.7 Å².